The van der Waals surface area contributed by atoms with Gasteiger partial charge in [0.05, 0.1) is 19.6 Å². The van der Waals surface area contributed by atoms with Gasteiger partial charge in [0.2, 0.25) is 0 Å². The lowest BCUT2D eigenvalue weighted by atomic mass is 10.0. The minimum absolute atomic E-state index is 0.0208. The van der Waals surface area contributed by atoms with Gasteiger partial charge in [0.15, 0.2) is 0 Å². The zero-order chi connectivity index (χ0) is 27.0. The van der Waals surface area contributed by atoms with E-state index in [1.807, 2.05) is 13.8 Å². The van der Waals surface area contributed by atoms with E-state index < -0.39 is 41.9 Å². The maximum Gasteiger partial charge on any atom is 0.320 e. The van der Waals surface area contributed by atoms with Gasteiger partial charge in [-0.25, -0.2) is 0 Å². The lowest BCUT2D eigenvalue weighted by molar-refractivity contribution is -0.140. The molecule has 0 rings (SSSR count). The molecule has 0 aliphatic heterocycles. The van der Waals surface area contributed by atoms with E-state index in [4.69, 9.17) is 37.0 Å². The van der Waals surface area contributed by atoms with Crippen LogP contribution in [0.15, 0.2) is 0 Å². The third-order valence-corrected chi connectivity index (χ3v) is 3.07. The molecule has 0 aromatic heterocycles. The molecule has 0 amide bonds. The van der Waals surface area contributed by atoms with Crippen molar-refractivity contribution in [3.63, 3.8) is 0 Å². The summed E-state index contributed by atoms with van der Waals surface area (Å²) in [7, 11) is 0. The first-order valence-corrected chi connectivity index (χ1v) is 9.18. The molecule has 32 heavy (non-hydrogen) atoms. The summed E-state index contributed by atoms with van der Waals surface area (Å²) in [5.41, 5.74) is 24.1. The van der Waals surface area contributed by atoms with E-state index in [1.54, 1.807) is 13.8 Å². The highest BCUT2D eigenvalue weighted by molar-refractivity contribution is 5.73. The Hall–Kier alpha value is -2.85. The van der Waals surface area contributed by atoms with Gasteiger partial charge in [-0.1, -0.05) is 34.1 Å². The third-order valence-electron chi connectivity index (χ3n) is 3.07. The van der Waals surface area contributed by atoms with E-state index in [0.29, 0.717) is 0 Å². The van der Waals surface area contributed by atoms with Gasteiger partial charge in [0.25, 0.3) is 0 Å². The van der Waals surface area contributed by atoms with Gasteiger partial charge < -0.3 is 54.2 Å². The largest absolute Gasteiger partial charge is 0.480 e. The van der Waals surface area contributed by atoms with E-state index in [-0.39, 0.29) is 31.5 Å². The second-order valence-corrected chi connectivity index (χ2v) is 6.15. The maximum absolute atomic E-state index is 10.2. The minimum atomic E-state index is -0.968. The van der Waals surface area contributed by atoms with Crippen molar-refractivity contribution < 1.29 is 49.5 Å². The lowest BCUT2D eigenvalue weighted by Crippen LogP contribution is -2.36. The number of aliphatic carboxylic acids is 5. The summed E-state index contributed by atoms with van der Waals surface area (Å²) >= 11 is 0. The number of carbonyl (C=O) groups is 5. The molecule has 0 aromatic rings. The zero-order valence-corrected chi connectivity index (χ0v) is 18.8. The van der Waals surface area contributed by atoms with Gasteiger partial charge >= 0.3 is 29.8 Å². The summed E-state index contributed by atoms with van der Waals surface area (Å²) in [6, 6.07) is -1.41. The molecule has 0 saturated heterocycles. The van der Waals surface area contributed by atoms with Crippen LogP contribution in [-0.2, 0) is 24.0 Å². The standard InChI is InChI=1S/C6H13NO2.C5H11NO2.3C2H5NO2/c1-3-4(2)5(7)6(8)9;1-3(2)4(6)5(7)8;3*3-1-2(4)5/h4-5H,3,7H2,1-2H3,(H,8,9);3-4H,6H2,1-2H3,(H,7,8);3*1,3H2,(H,4,5)/t4-,5-;4-;;;/m00.../s1. The van der Waals surface area contributed by atoms with Crippen LogP contribution in [0.1, 0.15) is 34.1 Å². The molecule has 192 valence electrons. The molecule has 0 fully saturated rings. The fraction of sp³-hybridized carbons (Fsp3) is 0.706. The quantitative estimate of drug-likeness (QED) is 0.175. The van der Waals surface area contributed by atoms with Crippen molar-refractivity contribution in [1.82, 2.24) is 0 Å². The van der Waals surface area contributed by atoms with Crippen molar-refractivity contribution >= 4 is 29.8 Å². The molecule has 0 aromatic carbocycles. The smallest absolute Gasteiger partial charge is 0.320 e. The molecule has 0 spiro atoms. The zero-order valence-electron chi connectivity index (χ0n) is 18.8. The summed E-state index contributed by atoms with van der Waals surface area (Å²) in [6.07, 6.45) is 0.813. The Morgan fingerprint density at radius 2 is 0.844 bits per heavy atom. The molecular formula is C17H39N5O10. The van der Waals surface area contributed by atoms with E-state index >= 15 is 0 Å². The Morgan fingerprint density at radius 3 is 0.875 bits per heavy atom. The number of hydrogen-bond donors (Lipinski definition) is 10. The molecule has 15 heteroatoms. The fourth-order valence-corrected chi connectivity index (χ4v) is 0.782. The second-order valence-electron chi connectivity index (χ2n) is 6.15. The Balaban J connectivity index is -0.0000000976. The second kappa shape index (κ2) is 26.2. The van der Waals surface area contributed by atoms with Crippen LogP contribution < -0.4 is 28.7 Å². The molecule has 3 atom stereocenters. The van der Waals surface area contributed by atoms with E-state index in [2.05, 4.69) is 17.2 Å². The van der Waals surface area contributed by atoms with Crippen molar-refractivity contribution in [3.8, 4) is 0 Å². The summed E-state index contributed by atoms with van der Waals surface area (Å²) in [5, 5.41) is 39.4. The summed E-state index contributed by atoms with van der Waals surface area (Å²) in [5.74, 6) is -4.65. The van der Waals surface area contributed by atoms with Crippen LogP contribution in [-0.4, -0.2) is 87.1 Å². The van der Waals surface area contributed by atoms with Crippen LogP contribution in [0.2, 0.25) is 0 Å². The number of carboxylic acids is 5. The molecule has 0 aliphatic rings. The Labute approximate surface area is 186 Å². The normalized spacial score (nSPS) is 11.7. The average Bonchev–Trinajstić information content (AvgIpc) is 2.73. The number of nitrogens with two attached hydrogens (primary N) is 5. The van der Waals surface area contributed by atoms with Crippen LogP contribution in [0.25, 0.3) is 0 Å². The van der Waals surface area contributed by atoms with Crippen molar-refractivity contribution in [2.45, 2.75) is 46.2 Å². The number of carboxylic acid groups (broad SMARTS) is 5. The first-order chi connectivity index (χ1) is 14.5. The first-order valence-electron chi connectivity index (χ1n) is 9.18. The molecule has 15 nitrogen and oxygen atoms in total. The van der Waals surface area contributed by atoms with Crippen molar-refractivity contribution in [3.05, 3.63) is 0 Å². The van der Waals surface area contributed by atoms with Gasteiger partial charge in [-0.05, 0) is 11.8 Å². The molecule has 0 radical (unpaired) electrons. The molecule has 0 unspecified atom stereocenters. The Morgan fingerprint density at radius 1 is 0.625 bits per heavy atom. The van der Waals surface area contributed by atoms with Gasteiger partial charge in [-0.15, -0.1) is 0 Å². The van der Waals surface area contributed by atoms with Gasteiger partial charge in [-0.3, -0.25) is 24.0 Å². The molecule has 0 saturated carbocycles. The van der Waals surface area contributed by atoms with E-state index in [0.717, 1.165) is 6.42 Å². The monoisotopic (exact) mass is 473 g/mol. The lowest BCUT2D eigenvalue weighted by Gasteiger charge is -2.11. The summed E-state index contributed by atoms with van der Waals surface area (Å²) in [6.45, 7) is 6.48. The predicted octanol–water partition coefficient (Wildman–Crippen LogP) is -2.41. The number of rotatable bonds is 8. The van der Waals surface area contributed by atoms with Crippen LogP contribution in [0.4, 0.5) is 0 Å². The first kappa shape index (κ1) is 39.6. The van der Waals surface area contributed by atoms with Gasteiger partial charge in [-0.2, -0.15) is 0 Å². The molecule has 0 bridgehead atoms. The van der Waals surface area contributed by atoms with Crippen LogP contribution in [0, 0.1) is 11.8 Å². The van der Waals surface area contributed by atoms with Crippen molar-refractivity contribution in [2.24, 2.45) is 40.5 Å². The van der Waals surface area contributed by atoms with E-state index in [1.165, 1.54) is 0 Å². The molecule has 0 aliphatic carbocycles. The van der Waals surface area contributed by atoms with Gasteiger partial charge in [0.1, 0.15) is 12.1 Å². The SMILES string of the molecule is CC(C)[C@H](N)C(=O)O.CC[C@H](C)[C@H](N)C(=O)O.NCC(=O)O.NCC(=O)O.NCC(=O)O. The van der Waals surface area contributed by atoms with E-state index in [9.17, 15) is 24.0 Å². The molecular weight excluding hydrogens is 434 g/mol. The molecule has 0 heterocycles. The Kier molecular flexibility index (Phi) is 32.4. The van der Waals surface area contributed by atoms with Crippen molar-refractivity contribution in [1.29, 1.82) is 0 Å². The maximum atomic E-state index is 10.2. The highest BCUT2D eigenvalue weighted by atomic mass is 16.4. The fourth-order valence-electron chi connectivity index (χ4n) is 0.782. The van der Waals surface area contributed by atoms with Crippen LogP contribution in [0.3, 0.4) is 0 Å². The van der Waals surface area contributed by atoms with Crippen LogP contribution in [0.5, 0.6) is 0 Å². The Bertz CT molecular complexity index is 499. The van der Waals surface area contributed by atoms with Gasteiger partial charge in [0, 0.05) is 0 Å². The van der Waals surface area contributed by atoms with Crippen molar-refractivity contribution in [2.75, 3.05) is 19.6 Å². The third kappa shape index (κ3) is 41.5. The predicted molar refractivity (Wildman–Crippen MR) is 116 cm³/mol. The summed E-state index contributed by atoms with van der Waals surface area (Å²) < 4.78 is 0. The minimum Gasteiger partial charge on any atom is -0.480 e. The van der Waals surface area contributed by atoms with Crippen LogP contribution >= 0.6 is 0 Å². The highest BCUT2D eigenvalue weighted by Gasteiger charge is 2.17. The number of hydrogen-bond acceptors (Lipinski definition) is 10. The molecule has 15 N–H and O–H groups in total. The summed E-state index contributed by atoms with van der Waals surface area (Å²) in [4.78, 5) is 47.9. The highest BCUT2D eigenvalue weighted by Crippen LogP contribution is 2.04. The topological polar surface area (TPSA) is 317 Å². The average molecular weight is 474 g/mol.